The van der Waals surface area contributed by atoms with Crippen molar-refractivity contribution in [2.45, 2.75) is 51.9 Å². The van der Waals surface area contributed by atoms with E-state index in [1.807, 2.05) is 10.7 Å². The van der Waals surface area contributed by atoms with Gasteiger partial charge in [0.1, 0.15) is 0 Å². The molecule has 5 rings (SSSR count). The fourth-order valence-electron chi connectivity index (χ4n) is 5.45. The fourth-order valence-corrected chi connectivity index (χ4v) is 6.39. The van der Waals surface area contributed by atoms with E-state index in [1.54, 1.807) is 11.3 Å². The van der Waals surface area contributed by atoms with Gasteiger partial charge in [0.2, 0.25) is 16.0 Å². The van der Waals surface area contributed by atoms with E-state index < -0.39 is 0 Å². The molecule has 0 atom stereocenters. The second kappa shape index (κ2) is 10.9. The predicted molar refractivity (Wildman–Crippen MR) is 148 cm³/mol. The molecule has 0 unspecified atom stereocenters. The van der Waals surface area contributed by atoms with Crippen molar-refractivity contribution in [2.24, 2.45) is 11.8 Å². The molecule has 0 bridgehead atoms. The van der Waals surface area contributed by atoms with Crippen molar-refractivity contribution in [3.05, 3.63) is 36.0 Å². The number of hydrogen-bond acceptors (Lipinski definition) is 6. The topological polar surface area (TPSA) is 57.0 Å². The summed E-state index contributed by atoms with van der Waals surface area (Å²) >= 11 is 1.64. The average molecular weight is 509 g/mol. The molecule has 7 nitrogen and oxygen atoms in total. The smallest absolute Gasteiger partial charge is 0.225 e. The number of amides is 1. The highest BCUT2D eigenvalue weighted by atomic mass is 32.1. The van der Waals surface area contributed by atoms with Crippen molar-refractivity contribution in [1.29, 1.82) is 0 Å². The molecule has 1 amide bonds. The summed E-state index contributed by atoms with van der Waals surface area (Å²) in [5, 5.41) is 5.83. The Kier molecular flexibility index (Phi) is 7.62. The summed E-state index contributed by atoms with van der Waals surface area (Å²) in [5.74, 6) is 1.83. The Hall–Kier alpha value is -2.45. The van der Waals surface area contributed by atoms with Crippen LogP contribution < -0.4 is 4.90 Å². The van der Waals surface area contributed by atoms with Crippen LogP contribution in [0.4, 0.5) is 5.13 Å². The molecule has 2 aliphatic rings. The van der Waals surface area contributed by atoms with Crippen LogP contribution in [0.1, 0.15) is 57.4 Å². The molecular weight excluding hydrogens is 468 g/mol. The van der Waals surface area contributed by atoms with Gasteiger partial charge in [0, 0.05) is 37.7 Å². The fraction of sp³-hybridized carbons (Fsp3) is 0.607. The van der Waals surface area contributed by atoms with Gasteiger partial charge >= 0.3 is 0 Å². The lowest BCUT2D eigenvalue weighted by Gasteiger charge is -2.37. The first-order valence-corrected chi connectivity index (χ1v) is 14.3. The highest BCUT2D eigenvalue weighted by Gasteiger charge is 2.31. The summed E-state index contributed by atoms with van der Waals surface area (Å²) < 4.78 is 1.91. The van der Waals surface area contributed by atoms with Crippen LogP contribution in [0.25, 0.3) is 16.2 Å². The highest BCUT2D eigenvalue weighted by molar-refractivity contribution is 7.20. The largest absolute Gasteiger partial charge is 0.347 e. The Morgan fingerprint density at radius 1 is 1.06 bits per heavy atom. The lowest BCUT2D eigenvalue weighted by Crippen LogP contribution is -2.45. The van der Waals surface area contributed by atoms with Crippen molar-refractivity contribution in [3.63, 3.8) is 0 Å². The molecule has 194 valence electrons. The lowest BCUT2D eigenvalue weighted by molar-refractivity contribution is -0.137. The third kappa shape index (κ3) is 5.59. The number of imidazole rings is 1. The third-order valence-electron chi connectivity index (χ3n) is 7.93. The number of benzene rings is 1. The van der Waals surface area contributed by atoms with Crippen LogP contribution in [-0.2, 0) is 4.79 Å². The van der Waals surface area contributed by atoms with Gasteiger partial charge in [-0.3, -0.25) is 4.79 Å². The van der Waals surface area contributed by atoms with Crippen LogP contribution in [-0.4, -0.2) is 77.1 Å². The molecule has 2 aliphatic heterocycles. The zero-order chi connectivity index (χ0) is 25.2. The van der Waals surface area contributed by atoms with E-state index >= 15 is 0 Å². The number of hydrogen-bond donors (Lipinski definition) is 0. The predicted octanol–water partition coefficient (Wildman–Crippen LogP) is 4.99. The molecule has 1 aromatic carbocycles. The van der Waals surface area contributed by atoms with Gasteiger partial charge in [-0.25, -0.2) is 9.50 Å². The minimum Gasteiger partial charge on any atom is -0.347 e. The van der Waals surface area contributed by atoms with Gasteiger partial charge in [0.05, 0.1) is 11.9 Å². The van der Waals surface area contributed by atoms with E-state index in [2.05, 4.69) is 66.9 Å². The van der Waals surface area contributed by atoms with Gasteiger partial charge in [-0.05, 0) is 70.1 Å². The van der Waals surface area contributed by atoms with Crippen molar-refractivity contribution in [1.82, 2.24) is 24.4 Å². The number of piperidine rings is 2. The molecule has 0 radical (unpaired) electrons. The van der Waals surface area contributed by atoms with Crippen LogP contribution in [0.5, 0.6) is 0 Å². The quantitative estimate of drug-likeness (QED) is 0.450. The Bertz CT molecular complexity index is 1120. The number of anilines is 1. The van der Waals surface area contributed by atoms with Gasteiger partial charge in [0.15, 0.2) is 0 Å². The zero-order valence-electron chi connectivity index (χ0n) is 22.2. The number of rotatable bonds is 7. The second-order valence-electron chi connectivity index (χ2n) is 11.1. The maximum absolute atomic E-state index is 13.2. The van der Waals surface area contributed by atoms with E-state index in [-0.39, 0.29) is 5.92 Å². The SMILES string of the molecule is CC(C)c1ccc(-c2cn3nc(N4CCC(C(=O)N5CCC(CCN(C)C)CC5)CC4)sc3n2)cc1. The van der Waals surface area contributed by atoms with Crippen molar-refractivity contribution in [3.8, 4) is 11.3 Å². The number of likely N-dealkylation sites (tertiary alicyclic amines) is 1. The molecule has 36 heavy (non-hydrogen) atoms. The number of aromatic nitrogens is 3. The summed E-state index contributed by atoms with van der Waals surface area (Å²) in [6.07, 6.45) is 7.40. The molecule has 4 heterocycles. The van der Waals surface area contributed by atoms with Crippen molar-refractivity contribution >= 4 is 27.3 Å². The Balaban J connectivity index is 1.13. The van der Waals surface area contributed by atoms with Gasteiger partial charge in [-0.2, -0.15) is 0 Å². The maximum atomic E-state index is 13.2. The van der Waals surface area contributed by atoms with Crippen LogP contribution in [0.15, 0.2) is 30.5 Å². The molecule has 2 aromatic heterocycles. The van der Waals surface area contributed by atoms with Gasteiger partial charge in [-0.15, -0.1) is 5.10 Å². The van der Waals surface area contributed by atoms with Crippen LogP contribution in [0.3, 0.4) is 0 Å². The van der Waals surface area contributed by atoms with Crippen LogP contribution in [0, 0.1) is 11.8 Å². The Labute approximate surface area is 219 Å². The highest BCUT2D eigenvalue weighted by Crippen LogP contribution is 2.31. The maximum Gasteiger partial charge on any atom is 0.225 e. The van der Waals surface area contributed by atoms with Gasteiger partial charge < -0.3 is 14.7 Å². The number of nitrogens with zero attached hydrogens (tertiary/aromatic N) is 6. The third-order valence-corrected chi connectivity index (χ3v) is 8.91. The van der Waals surface area contributed by atoms with Gasteiger partial charge in [-0.1, -0.05) is 49.4 Å². The first kappa shape index (κ1) is 25.2. The minimum atomic E-state index is 0.157. The molecule has 0 spiro atoms. The molecule has 2 fully saturated rings. The molecular formula is C28H40N6OS. The summed E-state index contributed by atoms with van der Waals surface area (Å²) in [6, 6.07) is 8.67. The molecule has 8 heteroatoms. The Morgan fingerprint density at radius 2 is 1.75 bits per heavy atom. The average Bonchev–Trinajstić information content (AvgIpc) is 3.47. The molecule has 0 aliphatic carbocycles. The summed E-state index contributed by atoms with van der Waals surface area (Å²) in [4.78, 5) is 25.7. The number of carbonyl (C=O) groups excluding carboxylic acids is 1. The van der Waals surface area contributed by atoms with E-state index in [0.29, 0.717) is 11.8 Å². The van der Waals surface area contributed by atoms with E-state index in [0.717, 1.165) is 85.7 Å². The number of carbonyl (C=O) groups is 1. The standard InChI is InChI=1S/C28H40N6OS/c1-20(2)22-5-7-23(8-6-22)25-19-34-27(29-25)36-28(30-34)33-17-12-24(13-18-33)26(35)32-15-10-21(11-16-32)9-14-31(3)4/h5-8,19-21,24H,9-18H2,1-4H3. The summed E-state index contributed by atoms with van der Waals surface area (Å²) in [5.41, 5.74) is 3.43. The molecule has 2 saturated heterocycles. The second-order valence-corrected chi connectivity index (χ2v) is 12.1. The summed E-state index contributed by atoms with van der Waals surface area (Å²) in [6.45, 7) is 9.20. The van der Waals surface area contributed by atoms with Crippen LogP contribution >= 0.6 is 11.3 Å². The van der Waals surface area contributed by atoms with E-state index in [4.69, 9.17) is 10.1 Å². The number of fused-ring (bicyclic) bond motifs is 1. The van der Waals surface area contributed by atoms with Crippen molar-refractivity contribution in [2.75, 3.05) is 51.7 Å². The normalized spacial score (nSPS) is 18.2. The van der Waals surface area contributed by atoms with Gasteiger partial charge in [0.25, 0.3) is 0 Å². The zero-order valence-corrected chi connectivity index (χ0v) is 23.0. The Morgan fingerprint density at radius 3 is 2.36 bits per heavy atom. The van der Waals surface area contributed by atoms with E-state index in [9.17, 15) is 4.79 Å². The lowest BCUT2D eigenvalue weighted by atomic mass is 9.90. The molecule has 0 N–H and O–H groups in total. The molecule has 3 aromatic rings. The van der Waals surface area contributed by atoms with E-state index in [1.165, 1.54) is 12.0 Å². The first-order valence-electron chi connectivity index (χ1n) is 13.5. The van der Waals surface area contributed by atoms with Crippen molar-refractivity contribution < 1.29 is 4.79 Å². The summed E-state index contributed by atoms with van der Waals surface area (Å²) in [7, 11) is 4.27. The van der Waals surface area contributed by atoms with Crippen LogP contribution in [0.2, 0.25) is 0 Å². The first-order chi connectivity index (χ1) is 17.4. The molecule has 0 saturated carbocycles. The minimum absolute atomic E-state index is 0.157. The monoisotopic (exact) mass is 508 g/mol.